The Kier molecular flexibility index (Phi) is 10.4. The van der Waals surface area contributed by atoms with Crippen molar-refractivity contribution in [1.82, 2.24) is 9.47 Å². The molecular formula is C26H36N4O3S2. The summed E-state index contributed by atoms with van der Waals surface area (Å²) in [7, 11) is 0. The number of amides is 1. The molecule has 1 aromatic rings. The summed E-state index contributed by atoms with van der Waals surface area (Å²) in [5.74, 6) is 0.672. The number of morpholine rings is 1. The average molecular weight is 517 g/mol. The predicted molar refractivity (Wildman–Crippen MR) is 147 cm³/mol. The zero-order valence-electron chi connectivity index (χ0n) is 21.1. The summed E-state index contributed by atoms with van der Waals surface area (Å²) in [6.45, 7) is 9.56. The Labute approximate surface area is 218 Å². The highest BCUT2D eigenvalue weighted by Crippen LogP contribution is 2.36. The van der Waals surface area contributed by atoms with Crippen molar-refractivity contribution in [2.45, 2.75) is 72.3 Å². The summed E-state index contributed by atoms with van der Waals surface area (Å²) in [4.78, 5) is 30.9. The van der Waals surface area contributed by atoms with Gasteiger partial charge in [0.25, 0.3) is 11.5 Å². The fourth-order valence-corrected chi connectivity index (χ4v) is 5.86. The summed E-state index contributed by atoms with van der Waals surface area (Å²) < 4.78 is 7.80. The van der Waals surface area contributed by atoms with Crippen LogP contribution in [0.15, 0.2) is 9.70 Å². The van der Waals surface area contributed by atoms with Crippen molar-refractivity contribution in [3.05, 3.63) is 31.9 Å². The van der Waals surface area contributed by atoms with E-state index in [-0.39, 0.29) is 17.0 Å². The van der Waals surface area contributed by atoms with Gasteiger partial charge in [-0.15, -0.1) is 0 Å². The van der Waals surface area contributed by atoms with Gasteiger partial charge >= 0.3 is 0 Å². The van der Waals surface area contributed by atoms with Crippen LogP contribution >= 0.6 is 24.0 Å². The molecule has 1 aromatic heterocycles. The minimum atomic E-state index is -0.277. The lowest BCUT2D eigenvalue weighted by molar-refractivity contribution is -0.122. The van der Waals surface area contributed by atoms with Crippen LogP contribution < -0.4 is 10.5 Å². The van der Waals surface area contributed by atoms with Gasteiger partial charge in [0.05, 0.1) is 18.1 Å². The molecule has 0 unspecified atom stereocenters. The second-order valence-electron chi connectivity index (χ2n) is 9.01. The van der Waals surface area contributed by atoms with Crippen LogP contribution in [-0.4, -0.2) is 52.5 Å². The largest absolute Gasteiger partial charge is 0.378 e. The summed E-state index contributed by atoms with van der Waals surface area (Å²) in [5, 5.41) is 9.77. The number of carbonyl (C=O) groups excluding carboxylic acids is 1. The van der Waals surface area contributed by atoms with Gasteiger partial charge in [-0.05, 0) is 31.4 Å². The summed E-state index contributed by atoms with van der Waals surface area (Å²) >= 11 is 6.86. The molecule has 0 saturated carbocycles. The molecule has 3 heterocycles. The molecule has 1 amide bonds. The van der Waals surface area contributed by atoms with Crippen LogP contribution in [0.1, 0.15) is 75.5 Å². The molecule has 35 heavy (non-hydrogen) atoms. The first kappa shape index (κ1) is 27.4. The van der Waals surface area contributed by atoms with Crippen molar-refractivity contribution in [3.63, 3.8) is 0 Å². The third-order valence-corrected chi connectivity index (χ3v) is 7.87. The van der Waals surface area contributed by atoms with E-state index in [1.807, 2.05) is 13.0 Å². The van der Waals surface area contributed by atoms with E-state index in [4.69, 9.17) is 17.0 Å². The number of ether oxygens (including phenoxy) is 1. The zero-order chi connectivity index (χ0) is 25.4. The number of hydrogen-bond acceptors (Lipinski definition) is 7. The standard InChI is InChI=1S/C26H36N4O3S2/c1-4-6-7-8-9-10-12-30-25(32)22(35-26(30)34)17-20-19(3)21(18-27)24(31)29(11-5-2)23(20)28-13-15-33-16-14-28/h17H,4-16H2,1-3H3. The second kappa shape index (κ2) is 13.2. The van der Waals surface area contributed by atoms with Crippen molar-refractivity contribution in [1.29, 1.82) is 5.26 Å². The molecule has 2 fully saturated rings. The minimum absolute atomic E-state index is 0.0902. The molecule has 0 radical (unpaired) electrons. The van der Waals surface area contributed by atoms with Gasteiger partial charge < -0.3 is 9.64 Å². The number of rotatable bonds is 11. The maximum Gasteiger partial charge on any atom is 0.270 e. The summed E-state index contributed by atoms with van der Waals surface area (Å²) in [6, 6.07) is 2.10. The van der Waals surface area contributed by atoms with E-state index in [0.717, 1.165) is 30.6 Å². The molecule has 9 heteroatoms. The zero-order valence-corrected chi connectivity index (χ0v) is 22.7. The molecule has 0 spiro atoms. The van der Waals surface area contributed by atoms with Gasteiger partial charge in [0.15, 0.2) is 0 Å². The lowest BCUT2D eigenvalue weighted by atomic mass is 10.0. The van der Waals surface area contributed by atoms with Crippen molar-refractivity contribution < 1.29 is 9.53 Å². The van der Waals surface area contributed by atoms with E-state index >= 15 is 0 Å². The molecule has 2 aliphatic heterocycles. The number of unbranched alkanes of at least 4 members (excludes halogenated alkanes) is 5. The van der Waals surface area contributed by atoms with Crippen LogP contribution in [0.4, 0.5) is 5.82 Å². The highest BCUT2D eigenvalue weighted by molar-refractivity contribution is 8.26. The topological polar surface area (TPSA) is 78.6 Å². The fraction of sp³-hybridized carbons (Fsp3) is 0.615. The van der Waals surface area contributed by atoms with Gasteiger partial charge in [-0.1, -0.05) is 69.9 Å². The number of carbonyl (C=O) groups is 1. The lowest BCUT2D eigenvalue weighted by Crippen LogP contribution is -2.41. The Hall–Kier alpha value is -2.15. The molecule has 3 rings (SSSR count). The Bertz CT molecular complexity index is 1070. The van der Waals surface area contributed by atoms with Gasteiger partial charge in [0.1, 0.15) is 21.8 Å². The van der Waals surface area contributed by atoms with Crippen molar-refractivity contribution >= 4 is 46.1 Å². The minimum Gasteiger partial charge on any atom is -0.378 e. The molecular weight excluding hydrogens is 480 g/mol. The first-order valence-corrected chi connectivity index (χ1v) is 13.9. The van der Waals surface area contributed by atoms with Gasteiger partial charge in [-0.3, -0.25) is 19.1 Å². The molecule has 0 N–H and O–H groups in total. The smallest absolute Gasteiger partial charge is 0.270 e. The van der Waals surface area contributed by atoms with Gasteiger partial charge in [-0.25, -0.2) is 0 Å². The van der Waals surface area contributed by atoms with E-state index in [2.05, 4.69) is 17.9 Å². The fourth-order valence-electron chi connectivity index (χ4n) is 4.57. The average Bonchev–Trinajstić information content (AvgIpc) is 3.12. The Morgan fingerprint density at radius 1 is 1.06 bits per heavy atom. The molecule has 0 aliphatic carbocycles. The number of hydrogen-bond donors (Lipinski definition) is 0. The lowest BCUT2D eigenvalue weighted by Gasteiger charge is -2.33. The van der Waals surface area contributed by atoms with Gasteiger partial charge in [0.2, 0.25) is 0 Å². The number of anilines is 1. The number of thioether (sulfide) groups is 1. The van der Waals surface area contributed by atoms with Crippen molar-refractivity contribution in [3.8, 4) is 6.07 Å². The normalized spacial score (nSPS) is 17.5. The first-order chi connectivity index (χ1) is 16.9. The second-order valence-corrected chi connectivity index (χ2v) is 10.7. The van der Waals surface area contributed by atoms with E-state index in [1.165, 1.54) is 37.4 Å². The highest BCUT2D eigenvalue weighted by atomic mass is 32.2. The molecule has 0 aromatic carbocycles. The maximum atomic E-state index is 13.3. The van der Waals surface area contributed by atoms with E-state index in [0.29, 0.717) is 54.2 Å². The number of aromatic nitrogens is 1. The Balaban J connectivity index is 1.96. The Morgan fingerprint density at radius 3 is 2.40 bits per heavy atom. The van der Waals surface area contributed by atoms with E-state index in [9.17, 15) is 14.9 Å². The highest BCUT2D eigenvalue weighted by Gasteiger charge is 2.33. The molecule has 0 bridgehead atoms. The third kappa shape index (κ3) is 6.35. The van der Waals surface area contributed by atoms with Crippen molar-refractivity contribution in [2.24, 2.45) is 0 Å². The van der Waals surface area contributed by atoms with Crippen LogP contribution in [0.2, 0.25) is 0 Å². The summed E-state index contributed by atoms with van der Waals surface area (Å²) in [5.41, 5.74) is 1.20. The van der Waals surface area contributed by atoms with E-state index in [1.54, 1.807) is 16.4 Å². The number of nitriles is 1. The van der Waals surface area contributed by atoms with Gasteiger partial charge in [-0.2, -0.15) is 5.26 Å². The third-order valence-electron chi connectivity index (χ3n) is 6.49. The number of thiocarbonyl (C=S) groups is 1. The van der Waals surface area contributed by atoms with Crippen LogP contribution in [0.3, 0.4) is 0 Å². The molecule has 7 nitrogen and oxygen atoms in total. The predicted octanol–water partition coefficient (Wildman–Crippen LogP) is 4.84. The van der Waals surface area contributed by atoms with Crippen molar-refractivity contribution in [2.75, 3.05) is 37.7 Å². The number of pyridine rings is 1. The van der Waals surface area contributed by atoms with E-state index < -0.39 is 0 Å². The monoisotopic (exact) mass is 516 g/mol. The summed E-state index contributed by atoms with van der Waals surface area (Å²) in [6.07, 6.45) is 9.48. The van der Waals surface area contributed by atoms with Crippen LogP contribution in [-0.2, 0) is 16.1 Å². The van der Waals surface area contributed by atoms with Crippen LogP contribution in [0.5, 0.6) is 0 Å². The molecule has 0 atom stereocenters. The van der Waals surface area contributed by atoms with Crippen LogP contribution in [0, 0.1) is 18.3 Å². The van der Waals surface area contributed by atoms with Crippen LogP contribution in [0.25, 0.3) is 6.08 Å². The molecule has 190 valence electrons. The maximum absolute atomic E-state index is 13.3. The SMILES string of the molecule is CCCCCCCCN1C(=O)C(=Cc2c(C)c(C#N)c(=O)n(CCC)c2N2CCOCC2)SC1=S. The molecule has 2 saturated heterocycles. The first-order valence-electron chi connectivity index (χ1n) is 12.7. The number of nitrogens with zero attached hydrogens (tertiary/aromatic N) is 4. The Morgan fingerprint density at radius 2 is 1.74 bits per heavy atom. The van der Waals surface area contributed by atoms with Gasteiger partial charge in [0, 0.05) is 31.7 Å². The molecule has 2 aliphatic rings. The quantitative estimate of drug-likeness (QED) is 0.237.